The Morgan fingerprint density at radius 1 is 1.05 bits per heavy atom. The van der Waals surface area contributed by atoms with Crippen LogP contribution in [0.5, 0.6) is 5.75 Å². The van der Waals surface area contributed by atoms with E-state index in [0.717, 1.165) is 44.8 Å². The van der Waals surface area contributed by atoms with Crippen LogP contribution in [0.15, 0.2) is 87.2 Å². The van der Waals surface area contributed by atoms with Crippen molar-refractivity contribution in [2.24, 2.45) is 5.10 Å². The second kappa shape index (κ2) is 11.6. The molecule has 0 aliphatic heterocycles. The predicted molar refractivity (Wildman–Crippen MR) is 162 cm³/mol. The van der Waals surface area contributed by atoms with Gasteiger partial charge < -0.3 is 9.30 Å². The Morgan fingerprint density at radius 3 is 2.56 bits per heavy atom. The van der Waals surface area contributed by atoms with E-state index in [4.69, 9.17) is 21.3 Å². The molecule has 0 aliphatic rings. The monoisotopic (exact) mass is 602 g/mol. The van der Waals surface area contributed by atoms with E-state index in [1.54, 1.807) is 12.3 Å². The fourth-order valence-corrected chi connectivity index (χ4v) is 5.15. The van der Waals surface area contributed by atoms with E-state index in [0.29, 0.717) is 34.8 Å². The molecular formula is C31H28BrClN4O2. The maximum atomic E-state index is 13.3. The molecule has 0 bridgehead atoms. The Balaban J connectivity index is 1.42. The molecule has 0 amide bonds. The minimum Gasteiger partial charge on any atom is -0.489 e. The zero-order valence-corrected chi connectivity index (χ0v) is 24.3. The first-order chi connectivity index (χ1) is 18.9. The number of benzene rings is 3. The first kappa shape index (κ1) is 26.9. The number of hydrogen-bond donors (Lipinski definition) is 0. The van der Waals surface area contributed by atoms with Gasteiger partial charge >= 0.3 is 0 Å². The number of rotatable bonds is 8. The van der Waals surface area contributed by atoms with Crippen molar-refractivity contribution in [2.45, 2.75) is 40.2 Å². The van der Waals surface area contributed by atoms with Gasteiger partial charge in [-0.25, -0.2) is 4.98 Å². The van der Waals surface area contributed by atoms with Gasteiger partial charge in [0, 0.05) is 44.1 Å². The van der Waals surface area contributed by atoms with Crippen LogP contribution >= 0.6 is 27.5 Å². The zero-order chi connectivity index (χ0) is 27.5. The molecule has 39 heavy (non-hydrogen) atoms. The van der Waals surface area contributed by atoms with E-state index in [-0.39, 0.29) is 5.56 Å². The van der Waals surface area contributed by atoms with Crippen LogP contribution < -0.4 is 10.3 Å². The Kier molecular flexibility index (Phi) is 8.00. The quantitative estimate of drug-likeness (QED) is 0.171. The summed E-state index contributed by atoms with van der Waals surface area (Å²) < 4.78 is 10.4. The van der Waals surface area contributed by atoms with E-state index >= 15 is 0 Å². The standard InChI is InChI=1S/C31H28BrClN4O2/c1-4-7-30-35-29-15-10-24(32)17-27(29)31(38)37(30)34-18-23-16-20(2)36(21(23)3)25-11-13-26(14-12-25)39-19-22-8-5-6-9-28(22)33/h5-6,8-18H,4,7,19H2,1-3H3. The van der Waals surface area contributed by atoms with Crippen molar-refractivity contribution in [2.75, 3.05) is 0 Å². The number of halogens is 2. The van der Waals surface area contributed by atoms with Crippen molar-refractivity contribution >= 4 is 44.6 Å². The Bertz CT molecular complexity index is 1740. The molecule has 0 unspecified atom stereocenters. The summed E-state index contributed by atoms with van der Waals surface area (Å²) in [5, 5.41) is 5.84. The number of ether oxygens (including phenoxy) is 1. The lowest BCUT2D eigenvalue weighted by Crippen LogP contribution is -2.22. The molecular weight excluding hydrogens is 576 g/mol. The summed E-state index contributed by atoms with van der Waals surface area (Å²) in [5.41, 5.74) is 5.45. The molecule has 0 saturated heterocycles. The minimum absolute atomic E-state index is 0.179. The molecule has 0 radical (unpaired) electrons. The Labute approximate surface area is 240 Å². The summed E-state index contributed by atoms with van der Waals surface area (Å²) in [6.07, 6.45) is 3.26. The molecule has 198 valence electrons. The number of aryl methyl sites for hydroxylation is 2. The lowest BCUT2D eigenvalue weighted by molar-refractivity contribution is 0.306. The third-order valence-corrected chi connectivity index (χ3v) is 7.44. The highest BCUT2D eigenvalue weighted by atomic mass is 79.9. The minimum atomic E-state index is -0.179. The topological polar surface area (TPSA) is 61.4 Å². The van der Waals surface area contributed by atoms with Crippen LogP contribution in [0.4, 0.5) is 0 Å². The van der Waals surface area contributed by atoms with E-state index in [9.17, 15) is 4.79 Å². The van der Waals surface area contributed by atoms with Gasteiger partial charge in [-0.15, -0.1) is 0 Å². The van der Waals surface area contributed by atoms with Crippen LogP contribution in [0.2, 0.25) is 5.02 Å². The lowest BCUT2D eigenvalue weighted by atomic mass is 10.2. The summed E-state index contributed by atoms with van der Waals surface area (Å²) >= 11 is 9.70. The fourth-order valence-electron chi connectivity index (χ4n) is 4.60. The van der Waals surface area contributed by atoms with Crippen LogP contribution in [0, 0.1) is 13.8 Å². The zero-order valence-electron chi connectivity index (χ0n) is 22.0. The van der Waals surface area contributed by atoms with Gasteiger partial charge in [0.25, 0.3) is 5.56 Å². The molecule has 2 aromatic heterocycles. The summed E-state index contributed by atoms with van der Waals surface area (Å²) in [5.74, 6) is 1.41. The van der Waals surface area contributed by atoms with Crippen LogP contribution in [0.1, 0.15) is 41.7 Å². The average molecular weight is 604 g/mol. The molecule has 0 N–H and O–H groups in total. The average Bonchev–Trinajstić information content (AvgIpc) is 3.21. The molecule has 5 aromatic rings. The third kappa shape index (κ3) is 5.70. The first-order valence-corrected chi connectivity index (χ1v) is 13.9. The molecule has 2 heterocycles. The van der Waals surface area contributed by atoms with E-state index in [1.165, 1.54) is 4.68 Å². The van der Waals surface area contributed by atoms with Crippen LogP contribution in [0.25, 0.3) is 16.6 Å². The number of aromatic nitrogens is 3. The number of fused-ring (bicyclic) bond motifs is 1. The normalized spacial score (nSPS) is 11.5. The highest BCUT2D eigenvalue weighted by Gasteiger charge is 2.13. The van der Waals surface area contributed by atoms with Gasteiger partial charge in [0.2, 0.25) is 0 Å². The van der Waals surface area contributed by atoms with E-state index < -0.39 is 0 Å². The maximum Gasteiger partial charge on any atom is 0.282 e. The van der Waals surface area contributed by atoms with Crippen molar-refractivity contribution < 1.29 is 4.74 Å². The van der Waals surface area contributed by atoms with Gasteiger partial charge in [-0.1, -0.05) is 52.7 Å². The molecule has 0 saturated carbocycles. The predicted octanol–water partition coefficient (Wildman–Crippen LogP) is 7.63. The molecule has 0 spiro atoms. The molecule has 8 heteroatoms. The van der Waals surface area contributed by atoms with Gasteiger partial charge in [0.1, 0.15) is 18.2 Å². The smallest absolute Gasteiger partial charge is 0.282 e. The van der Waals surface area contributed by atoms with Crippen molar-refractivity contribution in [1.82, 2.24) is 14.2 Å². The van der Waals surface area contributed by atoms with Gasteiger partial charge in [0.15, 0.2) is 0 Å². The summed E-state index contributed by atoms with van der Waals surface area (Å²) in [4.78, 5) is 18.1. The van der Waals surface area contributed by atoms with Gasteiger partial charge in [-0.2, -0.15) is 9.78 Å². The van der Waals surface area contributed by atoms with Crippen molar-refractivity contribution in [3.63, 3.8) is 0 Å². The molecule has 0 aliphatic carbocycles. The van der Waals surface area contributed by atoms with Gasteiger partial charge in [0.05, 0.1) is 17.1 Å². The second-order valence-electron chi connectivity index (χ2n) is 9.34. The van der Waals surface area contributed by atoms with Gasteiger partial charge in [-0.3, -0.25) is 4.79 Å². The summed E-state index contributed by atoms with van der Waals surface area (Å²) in [7, 11) is 0. The Morgan fingerprint density at radius 2 is 1.82 bits per heavy atom. The highest BCUT2D eigenvalue weighted by Crippen LogP contribution is 2.24. The van der Waals surface area contributed by atoms with Crippen LogP contribution in [-0.2, 0) is 13.0 Å². The second-order valence-corrected chi connectivity index (χ2v) is 10.7. The van der Waals surface area contributed by atoms with Crippen molar-refractivity contribution in [1.29, 1.82) is 0 Å². The number of hydrogen-bond acceptors (Lipinski definition) is 4. The van der Waals surface area contributed by atoms with Gasteiger partial charge in [-0.05, 0) is 74.9 Å². The Hall–Kier alpha value is -3.68. The van der Waals surface area contributed by atoms with Crippen molar-refractivity contribution in [3.8, 4) is 11.4 Å². The number of nitrogens with zero attached hydrogens (tertiary/aromatic N) is 4. The largest absolute Gasteiger partial charge is 0.489 e. The molecule has 0 fully saturated rings. The molecule has 6 nitrogen and oxygen atoms in total. The maximum absolute atomic E-state index is 13.3. The fraction of sp³-hybridized carbons (Fsp3) is 0.194. The highest BCUT2D eigenvalue weighted by molar-refractivity contribution is 9.10. The summed E-state index contributed by atoms with van der Waals surface area (Å²) in [6, 6.07) is 23.2. The van der Waals surface area contributed by atoms with Crippen LogP contribution in [0.3, 0.4) is 0 Å². The van der Waals surface area contributed by atoms with Crippen molar-refractivity contribution in [3.05, 3.63) is 121 Å². The molecule has 5 rings (SSSR count). The lowest BCUT2D eigenvalue weighted by Gasteiger charge is -2.12. The third-order valence-electron chi connectivity index (χ3n) is 6.58. The SMILES string of the molecule is CCCc1nc2ccc(Br)cc2c(=O)n1N=Cc1cc(C)n(-c2ccc(OCc3ccccc3Cl)cc2)c1C. The van der Waals surface area contributed by atoms with Crippen LogP contribution in [-0.4, -0.2) is 20.4 Å². The molecule has 3 aromatic carbocycles. The van der Waals surface area contributed by atoms with E-state index in [2.05, 4.69) is 45.5 Å². The summed E-state index contributed by atoms with van der Waals surface area (Å²) in [6.45, 7) is 6.56. The van der Waals surface area contributed by atoms with E-state index in [1.807, 2.05) is 67.6 Å². The molecule has 0 atom stereocenters. The first-order valence-electron chi connectivity index (χ1n) is 12.8.